The van der Waals surface area contributed by atoms with Crippen LogP contribution in [-0.2, 0) is 0 Å². The van der Waals surface area contributed by atoms with Crippen LogP contribution in [0.1, 0.15) is 27.7 Å². The first-order valence-corrected chi connectivity index (χ1v) is 4.41. The van der Waals surface area contributed by atoms with Gasteiger partial charge in [-0.25, -0.2) is 0 Å². The summed E-state index contributed by atoms with van der Waals surface area (Å²) in [5.41, 5.74) is 8.72. The molecule has 0 heteroatoms. The van der Waals surface area contributed by atoms with Gasteiger partial charge in [0.1, 0.15) is 0 Å². The molecule has 2 aliphatic carbocycles. The first-order valence-electron chi connectivity index (χ1n) is 4.41. The molecule has 0 atom stereocenters. The molecule has 0 fully saturated rings. The Morgan fingerprint density at radius 2 is 1.42 bits per heavy atom. The third-order valence-corrected chi connectivity index (χ3v) is 3.07. The molecule has 0 N–H and O–H groups in total. The van der Waals surface area contributed by atoms with E-state index in [-0.39, 0.29) is 0 Å². The van der Waals surface area contributed by atoms with E-state index in [9.17, 15) is 0 Å². The monoisotopic (exact) mass is 158 g/mol. The molecule has 2 rings (SSSR count). The molecule has 0 aromatic carbocycles. The summed E-state index contributed by atoms with van der Waals surface area (Å²) in [6, 6.07) is 0. The zero-order chi connectivity index (χ0) is 8.88. The fraction of sp³-hybridized carbons (Fsp3) is 0.333. The fourth-order valence-corrected chi connectivity index (χ4v) is 2.07. The van der Waals surface area contributed by atoms with E-state index >= 15 is 0 Å². The highest BCUT2D eigenvalue weighted by Gasteiger charge is 2.24. The lowest BCUT2D eigenvalue weighted by atomic mass is 10.0. The van der Waals surface area contributed by atoms with Crippen LogP contribution in [0, 0.1) is 0 Å². The Morgan fingerprint density at radius 1 is 0.750 bits per heavy atom. The Labute approximate surface area is 74.0 Å². The zero-order valence-corrected chi connectivity index (χ0v) is 8.15. The molecular weight excluding hydrogens is 144 g/mol. The van der Waals surface area contributed by atoms with Gasteiger partial charge in [-0.05, 0) is 61.1 Å². The molecule has 0 aromatic rings. The standard InChI is InChI=1S/C12H14/c1-7-5-6-11-9(3)8(2)10(4)12(7)11/h5-6H,1-4H3. The molecule has 0 bridgehead atoms. The maximum Gasteiger partial charge on any atom is -0.0120 e. The number of hydrogen-bond acceptors (Lipinski definition) is 0. The maximum atomic E-state index is 2.24. The van der Waals surface area contributed by atoms with Crippen LogP contribution in [-0.4, -0.2) is 0 Å². The Balaban J connectivity index is 2.64. The van der Waals surface area contributed by atoms with Crippen molar-refractivity contribution in [2.75, 3.05) is 0 Å². The minimum atomic E-state index is 1.42. The summed E-state index contributed by atoms with van der Waals surface area (Å²) in [5.74, 6) is 0. The lowest BCUT2D eigenvalue weighted by Gasteiger charge is -2.01. The maximum absolute atomic E-state index is 2.24. The van der Waals surface area contributed by atoms with Crippen molar-refractivity contribution in [1.29, 1.82) is 0 Å². The Bertz CT molecular complexity index is 371. The molecular formula is C12H14. The highest BCUT2D eigenvalue weighted by Crippen LogP contribution is 2.42. The number of hydrogen-bond donors (Lipinski definition) is 0. The van der Waals surface area contributed by atoms with Crippen molar-refractivity contribution in [2.24, 2.45) is 0 Å². The molecule has 0 aliphatic heterocycles. The van der Waals surface area contributed by atoms with Crippen LogP contribution in [0.25, 0.3) is 0 Å². The van der Waals surface area contributed by atoms with Crippen molar-refractivity contribution >= 4 is 0 Å². The summed E-state index contributed by atoms with van der Waals surface area (Å²) < 4.78 is 0. The normalized spacial score (nSPS) is 21.7. The predicted octanol–water partition coefficient (Wildman–Crippen LogP) is 3.54. The minimum Gasteiger partial charge on any atom is -0.0581 e. The number of rotatable bonds is 0. The van der Waals surface area contributed by atoms with Crippen LogP contribution in [0.5, 0.6) is 0 Å². The van der Waals surface area contributed by atoms with Crippen molar-refractivity contribution in [3.8, 4) is 0 Å². The largest absolute Gasteiger partial charge is 0.0581 e. The predicted molar refractivity (Wildman–Crippen MR) is 52.9 cm³/mol. The van der Waals surface area contributed by atoms with E-state index in [4.69, 9.17) is 0 Å². The van der Waals surface area contributed by atoms with Crippen LogP contribution in [0.3, 0.4) is 0 Å². The van der Waals surface area contributed by atoms with E-state index < -0.39 is 0 Å². The molecule has 0 spiro atoms. The molecule has 2 aliphatic rings. The Morgan fingerprint density at radius 3 is 2.00 bits per heavy atom. The summed E-state index contributed by atoms with van der Waals surface area (Å²) in [6.07, 6.45) is 4.45. The average molecular weight is 158 g/mol. The second kappa shape index (κ2) is 2.22. The molecule has 0 aromatic heterocycles. The van der Waals surface area contributed by atoms with E-state index in [1.165, 1.54) is 33.4 Å². The second-order valence-corrected chi connectivity index (χ2v) is 3.68. The van der Waals surface area contributed by atoms with Gasteiger partial charge in [0.25, 0.3) is 0 Å². The van der Waals surface area contributed by atoms with Gasteiger partial charge in [0, 0.05) is 0 Å². The summed E-state index contributed by atoms with van der Waals surface area (Å²) in [5, 5.41) is 0. The van der Waals surface area contributed by atoms with E-state index in [0.717, 1.165) is 0 Å². The van der Waals surface area contributed by atoms with Crippen LogP contribution >= 0.6 is 0 Å². The highest BCUT2D eigenvalue weighted by molar-refractivity contribution is 5.72. The molecule has 0 unspecified atom stereocenters. The first-order chi connectivity index (χ1) is 5.63. The van der Waals surface area contributed by atoms with Crippen molar-refractivity contribution < 1.29 is 0 Å². The second-order valence-electron chi connectivity index (χ2n) is 3.68. The van der Waals surface area contributed by atoms with Crippen molar-refractivity contribution in [2.45, 2.75) is 27.7 Å². The van der Waals surface area contributed by atoms with Gasteiger partial charge in [-0.1, -0.05) is 12.2 Å². The quantitative estimate of drug-likeness (QED) is 0.506. The van der Waals surface area contributed by atoms with Crippen LogP contribution in [0.4, 0.5) is 0 Å². The summed E-state index contributed by atoms with van der Waals surface area (Å²) in [4.78, 5) is 0. The van der Waals surface area contributed by atoms with Gasteiger partial charge in [-0.3, -0.25) is 0 Å². The molecule has 12 heavy (non-hydrogen) atoms. The van der Waals surface area contributed by atoms with Gasteiger partial charge in [0.05, 0.1) is 0 Å². The van der Waals surface area contributed by atoms with Gasteiger partial charge in [0.15, 0.2) is 0 Å². The molecule has 0 saturated heterocycles. The smallest absolute Gasteiger partial charge is 0.0120 e. The van der Waals surface area contributed by atoms with E-state index in [1.54, 1.807) is 0 Å². The fourth-order valence-electron chi connectivity index (χ4n) is 2.07. The molecule has 0 radical (unpaired) electrons. The number of allylic oxidation sites excluding steroid dienone is 8. The molecule has 0 amide bonds. The Hall–Kier alpha value is -1.04. The number of fused-ring (bicyclic) bond motifs is 1. The summed E-state index contributed by atoms with van der Waals surface area (Å²) >= 11 is 0. The van der Waals surface area contributed by atoms with E-state index in [2.05, 4.69) is 39.8 Å². The van der Waals surface area contributed by atoms with Crippen LogP contribution < -0.4 is 0 Å². The zero-order valence-electron chi connectivity index (χ0n) is 8.15. The van der Waals surface area contributed by atoms with Gasteiger partial charge in [-0.15, -0.1) is 0 Å². The average Bonchev–Trinajstić information content (AvgIpc) is 2.51. The lowest BCUT2D eigenvalue weighted by Crippen LogP contribution is -1.83. The van der Waals surface area contributed by atoms with Crippen molar-refractivity contribution in [3.63, 3.8) is 0 Å². The lowest BCUT2D eigenvalue weighted by molar-refractivity contribution is 1.30. The van der Waals surface area contributed by atoms with Gasteiger partial charge in [-0.2, -0.15) is 0 Å². The van der Waals surface area contributed by atoms with E-state index in [1.807, 2.05) is 0 Å². The third-order valence-electron chi connectivity index (χ3n) is 3.07. The highest BCUT2D eigenvalue weighted by atomic mass is 14.3. The van der Waals surface area contributed by atoms with E-state index in [0.29, 0.717) is 0 Å². The minimum absolute atomic E-state index is 1.42. The topological polar surface area (TPSA) is 0 Å². The molecule has 0 nitrogen and oxygen atoms in total. The third kappa shape index (κ3) is 0.726. The summed E-state index contributed by atoms with van der Waals surface area (Å²) in [7, 11) is 0. The van der Waals surface area contributed by atoms with Gasteiger partial charge in [0.2, 0.25) is 0 Å². The van der Waals surface area contributed by atoms with Crippen molar-refractivity contribution in [1.82, 2.24) is 0 Å². The summed E-state index contributed by atoms with van der Waals surface area (Å²) in [6.45, 7) is 8.83. The van der Waals surface area contributed by atoms with Gasteiger partial charge >= 0.3 is 0 Å². The van der Waals surface area contributed by atoms with Crippen LogP contribution in [0.2, 0.25) is 0 Å². The first kappa shape index (κ1) is 7.60. The molecule has 0 heterocycles. The van der Waals surface area contributed by atoms with Crippen LogP contribution in [0.15, 0.2) is 45.6 Å². The Kier molecular flexibility index (Phi) is 1.41. The molecule has 0 saturated carbocycles. The molecule has 62 valence electrons. The van der Waals surface area contributed by atoms with Gasteiger partial charge < -0.3 is 0 Å². The SMILES string of the molecule is CC1=CC=C2C(C)=C(C)C(C)=C12. The van der Waals surface area contributed by atoms with Crippen molar-refractivity contribution in [3.05, 3.63) is 45.6 Å².